The number of nitrogens with zero attached hydrogens (tertiary/aromatic N) is 1. The van der Waals surface area contributed by atoms with E-state index in [-0.39, 0.29) is 22.5 Å². The minimum atomic E-state index is -0.882. The number of aromatic nitrogens is 1. The van der Waals surface area contributed by atoms with E-state index < -0.39 is 23.4 Å². The molecule has 8 heteroatoms. The average Bonchev–Trinajstić information content (AvgIpc) is 2.88. The number of aromatic hydroxyl groups is 1. The average molecular weight is 410 g/mol. The Kier molecular flexibility index (Phi) is 5.13. The highest BCUT2D eigenvalue weighted by molar-refractivity contribution is 6.42. The van der Waals surface area contributed by atoms with Crippen molar-refractivity contribution in [3.05, 3.63) is 63.0 Å². The van der Waals surface area contributed by atoms with Crippen molar-refractivity contribution in [3.8, 4) is 5.75 Å². The number of methoxy groups -OCH3 is 1. The van der Waals surface area contributed by atoms with E-state index >= 15 is 0 Å². The van der Waals surface area contributed by atoms with Crippen molar-refractivity contribution in [2.24, 2.45) is 0 Å². The van der Waals surface area contributed by atoms with E-state index in [9.17, 15) is 19.1 Å². The Morgan fingerprint density at radius 3 is 2.52 bits per heavy atom. The molecule has 3 aromatic rings. The predicted octanol–water partition coefficient (Wildman–Crippen LogP) is 4.51. The molecule has 0 spiro atoms. The highest BCUT2D eigenvalue weighted by Crippen LogP contribution is 2.33. The monoisotopic (exact) mass is 409 g/mol. The van der Waals surface area contributed by atoms with E-state index in [1.165, 1.54) is 35.9 Å². The van der Waals surface area contributed by atoms with E-state index in [0.717, 1.165) is 6.07 Å². The summed E-state index contributed by atoms with van der Waals surface area (Å²) in [5, 5.41) is 10.6. The van der Waals surface area contributed by atoms with Gasteiger partial charge in [-0.2, -0.15) is 0 Å². The normalized spacial score (nSPS) is 11.0. The Morgan fingerprint density at radius 1 is 1.19 bits per heavy atom. The summed E-state index contributed by atoms with van der Waals surface area (Å²) < 4.78 is 19.9. The van der Waals surface area contributed by atoms with E-state index in [0.29, 0.717) is 21.7 Å². The number of ether oxygens (including phenoxy) is 1. The number of carbonyl (C=O) groups excluding carboxylic acids is 2. The second-order valence-electron chi connectivity index (χ2n) is 5.91. The fraction of sp³-hybridized carbons (Fsp3) is 0.158. The van der Waals surface area contributed by atoms with Gasteiger partial charge in [-0.05, 0) is 36.8 Å². The summed E-state index contributed by atoms with van der Waals surface area (Å²) in [6.45, 7) is 1.63. The molecule has 3 rings (SSSR count). The van der Waals surface area contributed by atoms with E-state index in [2.05, 4.69) is 0 Å². The van der Waals surface area contributed by atoms with Crippen LogP contribution in [0.1, 0.15) is 21.6 Å². The third-order valence-corrected chi connectivity index (χ3v) is 5.06. The summed E-state index contributed by atoms with van der Waals surface area (Å²) >= 11 is 11.9. The summed E-state index contributed by atoms with van der Waals surface area (Å²) in [6.07, 6.45) is -0.133. The van der Waals surface area contributed by atoms with Crippen LogP contribution in [0.15, 0.2) is 30.3 Å². The van der Waals surface area contributed by atoms with Crippen LogP contribution < -0.4 is 0 Å². The SMILES string of the molecule is COC(=O)Cc1c(C)n(C(=O)c2ccc(Cl)c(Cl)c2)c2cc(F)c(O)cc12. The van der Waals surface area contributed by atoms with Crippen LogP contribution in [0.5, 0.6) is 5.75 Å². The van der Waals surface area contributed by atoms with Gasteiger partial charge in [0.25, 0.3) is 5.91 Å². The first kappa shape index (κ1) is 19.2. The van der Waals surface area contributed by atoms with E-state index in [1.807, 2.05) is 0 Å². The Hall–Kier alpha value is -2.57. The number of benzene rings is 2. The lowest BCUT2D eigenvalue weighted by atomic mass is 10.1. The first-order valence-corrected chi connectivity index (χ1v) is 8.59. The molecule has 0 atom stereocenters. The zero-order valence-corrected chi connectivity index (χ0v) is 15.9. The summed E-state index contributed by atoms with van der Waals surface area (Å²) in [6, 6.07) is 6.63. The number of hydrogen-bond acceptors (Lipinski definition) is 4. The van der Waals surface area contributed by atoms with Gasteiger partial charge in [0.2, 0.25) is 0 Å². The number of phenolic OH excluding ortho intramolecular Hbond substituents is 1. The smallest absolute Gasteiger partial charge is 0.310 e. The first-order chi connectivity index (χ1) is 12.7. The van der Waals surface area contributed by atoms with Crippen molar-refractivity contribution in [2.75, 3.05) is 7.11 Å². The molecule has 0 aliphatic rings. The molecule has 0 unspecified atom stereocenters. The zero-order chi connectivity index (χ0) is 19.9. The molecule has 0 radical (unpaired) electrons. The maximum Gasteiger partial charge on any atom is 0.310 e. The van der Waals surface area contributed by atoms with Crippen LogP contribution in [0.4, 0.5) is 4.39 Å². The number of esters is 1. The molecule has 0 aliphatic heterocycles. The Morgan fingerprint density at radius 2 is 1.89 bits per heavy atom. The lowest BCUT2D eigenvalue weighted by molar-refractivity contribution is -0.139. The maximum absolute atomic E-state index is 14.0. The Balaban J connectivity index is 2.26. The summed E-state index contributed by atoms with van der Waals surface area (Å²) in [4.78, 5) is 24.8. The van der Waals surface area contributed by atoms with E-state index in [4.69, 9.17) is 27.9 Å². The van der Waals surface area contributed by atoms with Crippen LogP contribution in [-0.4, -0.2) is 28.7 Å². The van der Waals surface area contributed by atoms with Crippen molar-refractivity contribution in [1.29, 1.82) is 0 Å². The summed E-state index contributed by atoms with van der Waals surface area (Å²) in [5.41, 5.74) is 1.34. The van der Waals surface area contributed by atoms with Gasteiger partial charge in [-0.25, -0.2) is 4.39 Å². The Labute approximate surface area is 163 Å². The molecule has 0 amide bonds. The van der Waals surface area contributed by atoms with Gasteiger partial charge in [0.05, 0.1) is 29.1 Å². The van der Waals surface area contributed by atoms with Crippen LogP contribution in [-0.2, 0) is 16.0 Å². The fourth-order valence-electron chi connectivity index (χ4n) is 2.95. The molecular weight excluding hydrogens is 396 g/mol. The zero-order valence-electron chi connectivity index (χ0n) is 14.3. The van der Waals surface area contributed by atoms with Crippen LogP contribution in [0.2, 0.25) is 10.0 Å². The van der Waals surface area contributed by atoms with Crippen LogP contribution in [0, 0.1) is 12.7 Å². The minimum Gasteiger partial charge on any atom is -0.505 e. The topological polar surface area (TPSA) is 68.5 Å². The molecule has 27 heavy (non-hydrogen) atoms. The Bertz CT molecular complexity index is 1090. The number of rotatable bonds is 3. The van der Waals surface area contributed by atoms with Gasteiger partial charge < -0.3 is 9.84 Å². The van der Waals surface area contributed by atoms with Gasteiger partial charge in [0, 0.05) is 22.7 Å². The minimum absolute atomic E-state index is 0.133. The lowest BCUT2D eigenvalue weighted by Crippen LogP contribution is -2.14. The standard InChI is InChI=1S/C19H14Cl2FNO4/c1-9-11(7-18(25)27-2)12-6-17(24)15(22)8-16(12)23(9)19(26)10-3-4-13(20)14(21)5-10/h3-6,8,24H,7H2,1-2H3. The van der Waals surface area contributed by atoms with Gasteiger partial charge in [-0.1, -0.05) is 23.2 Å². The number of fused-ring (bicyclic) bond motifs is 1. The van der Waals surface area contributed by atoms with Crippen LogP contribution >= 0.6 is 23.2 Å². The molecule has 0 saturated carbocycles. The van der Waals surface area contributed by atoms with Crippen LogP contribution in [0.3, 0.4) is 0 Å². The molecule has 0 bridgehead atoms. The molecule has 0 fully saturated rings. The number of halogens is 3. The highest BCUT2D eigenvalue weighted by atomic mass is 35.5. The van der Waals surface area contributed by atoms with Gasteiger partial charge in [-0.15, -0.1) is 0 Å². The predicted molar refractivity (Wildman–Crippen MR) is 100 cm³/mol. The molecule has 140 valence electrons. The molecule has 1 aromatic heterocycles. The first-order valence-electron chi connectivity index (χ1n) is 7.83. The molecule has 5 nitrogen and oxygen atoms in total. The molecule has 0 aliphatic carbocycles. The molecule has 0 saturated heterocycles. The third kappa shape index (κ3) is 3.38. The largest absolute Gasteiger partial charge is 0.505 e. The van der Waals surface area contributed by atoms with Gasteiger partial charge in [0.1, 0.15) is 0 Å². The third-order valence-electron chi connectivity index (χ3n) is 4.32. The van der Waals surface area contributed by atoms with Crippen molar-refractivity contribution in [3.63, 3.8) is 0 Å². The number of hydrogen-bond donors (Lipinski definition) is 1. The van der Waals surface area contributed by atoms with Crippen LogP contribution in [0.25, 0.3) is 10.9 Å². The lowest BCUT2D eigenvalue weighted by Gasteiger charge is -2.09. The number of carbonyl (C=O) groups is 2. The van der Waals surface area contributed by atoms with E-state index in [1.54, 1.807) is 6.92 Å². The molecular formula is C19H14Cl2FNO4. The quantitative estimate of drug-likeness (QED) is 0.646. The fourth-order valence-corrected chi connectivity index (χ4v) is 3.25. The summed E-state index contributed by atoms with van der Waals surface area (Å²) in [7, 11) is 1.24. The van der Waals surface area contributed by atoms with Crippen molar-refractivity contribution in [2.45, 2.75) is 13.3 Å². The van der Waals surface area contributed by atoms with Crippen molar-refractivity contribution >= 4 is 46.0 Å². The second-order valence-corrected chi connectivity index (χ2v) is 6.72. The second kappa shape index (κ2) is 7.21. The molecule has 1 heterocycles. The van der Waals surface area contributed by atoms with Gasteiger partial charge >= 0.3 is 5.97 Å². The van der Waals surface area contributed by atoms with Gasteiger partial charge in [0.15, 0.2) is 11.6 Å². The maximum atomic E-state index is 14.0. The van der Waals surface area contributed by atoms with Crippen molar-refractivity contribution in [1.82, 2.24) is 4.57 Å². The highest BCUT2D eigenvalue weighted by Gasteiger charge is 2.23. The summed E-state index contributed by atoms with van der Waals surface area (Å²) in [5.74, 6) is -2.46. The molecule has 1 N–H and O–H groups in total. The number of phenols is 1. The molecule has 2 aromatic carbocycles. The van der Waals surface area contributed by atoms with Crippen molar-refractivity contribution < 1.29 is 23.8 Å². The van der Waals surface area contributed by atoms with Gasteiger partial charge in [-0.3, -0.25) is 14.2 Å².